The molecule has 2 heterocycles. The SMILES string of the molecule is CCCc1nn(-c2cccc(F)c2)c(N2CCN(CC)CC2)c1CN(CC)CCCc1ccccc1. The van der Waals surface area contributed by atoms with E-state index in [0.29, 0.717) is 0 Å². The fourth-order valence-electron chi connectivity index (χ4n) is 5.20. The Morgan fingerprint density at radius 3 is 2.36 bits per heavy atom. The van der Waals surface area contributed by atoms with Gasteiger partial charge >= 0.3 is 0 Å². The highest BCUT2D eigenvalue weighted by Crippen LogP contribution is 2.31. The van der Waals surface area contributed by atoms with Gasteiger partial charge in [0.15, 0.2) is 0 Å². The van der Waals surface area contributed by atoms with Crippen LogP contribution in [0.1, 0.15) is 50.4 Å². The number of hydrogen-bond donors (Lipinski definition) is 0. The largest absolute Gasteiger partial charge is 0.354 e. The molecule has 5 nitrogen and oxygen atoms in total. The quantitative estimate of drug-likeness (QED) is 0.332. The van der Waals surface area contributed by atoms with Crippen LogP contribution in [0.25, 0.3) is 5.69 Å². The Bertz CT molecular complexity index is 1070. The van der Waals surface area contributed by atoms with E-state index in [0.717, 1.165) is 95.2 Å². The van der Waals surface area contributed by atoms with Crippen molar-refractivity contribution in [1.29, 1.82) is 0 Å². The number of aryl methyl sites for hydroxylation is 2. The van der Waals surface area contributed by atoms with Crippen molar-refractivity contribution in [2.45, 2.75) is 53.0 Å². The van der Waals surface area contributed by atoms with Crippen molar-refractivity contribution >= 4 is 5.82 Å². The normalized spacial score (nSPS) is 14.6. The van der Waals surface area contributed by atoms with Gasteiger partial charge in [-0.1, -0.05) is 63.6 Å². The van der Waals surface area contributed by atoms with E-state index in [1.807, 2.05) is 10.7 Å². The van der Waals surface area contributed by atoms with Gasteiger partial charge in [0.1, 0.15) is 11.6 Å². The van der Waals surface area contributed by atoms with Crippen molar-refractivity contribution in [3.8, 4) is 5.69 Å². The number of piperazine rings is 1. The number of rotatable bonds is 12. The third-order valence-electron chi connectivity index (χ3n) is 7.31. The lowest BCUT2D eigenvalue weighted by molar-refractivity contribution is 0.266. The first-order valence-electron chi connectivity index (χ1n) is 13.7. The van der Waals surface area contributed by atoms with Crippen LogP contribution in [-0.4, -0.2) is 65.4 Å². The van der Waals surface area contributed by atoms with Crippen LogP contribution in [-0.2, 0) is 19.4 Å². The first kappa shape index (κ1) is 26.4. The van der Waals surface area contributed by atoms with Crippen LogP contribution < -0.4 is 4.90 Å². The number of aromatic nitrogens is 2. The molecule has 1 aliphatic heterocycles. The summed E-state index contributed by atoms with van der Waals surface area (Å²) in [4.78, 5) is 7.52. The van der Waals surface area contributed by atoms with E-state index in [2.05, 4.69) is 65.8 Å². The van der Waals surface area contributed by atoms with Gasteiger partial charge in [0.25, 0.3) is 0 Å². The van der Waals surface area contributed by atoms with E-state index in [-0.39, 0.29) is 5.82 Å². The predicted octanol–water partition coefficient (Wildman–Crippen LogP) is 5.56. The molecule has 1 fully saturated rings. The lowest BCUT2D eigenvalue weighted by atomic mass is 10.1. The minimum Gasteiger partial charge on any atom is -0.354 e. The van der Waals surface area contributed by atoms with Crippen LogP contribution in [0.2, 0.25) is 0 Å². The highest BCUT2D eigenvalue weighted by atomic mass is 19.1. The second kappa shape index (κ2) is 13.0. The number of hydrogen-bond acceptors (Lipinski definition) is 4. The molecule has 194 valence electrons. The second-order valence-corrected chi connectivity index (χ2v) is 9.77. The average Bonchev–Trinajstić information content (AvgIpc) is 3.26. The number of nitrogens with zero attached hydrogens (tertiary/aromatic N) is 5. The van der Waals surface area contributed by atoms with Gasteiger partial charge in [0.2, 0.25) is 0 Å². The van der Waals surface area contributed by atoms with Crippen molar-refractivity contribution in [3.63, 3.8) is 0 Å². The molecule has 0 aliphatic carbocycles. The molecule has 3 aromatic rings. The molecule has 1 aromatic heterocycles. The standard InChI is InChI=1S/C30H42FN5/c1-4-12-29-28(24-34(6-3)18-11-15-25-13-8-7-9-14-25)30(35-21-19-33(5-2)20-22-35)36(32-29)27-17-10-16-26(31)23-27/h7-10,13-14,16-17,23H,4-6,11-12,15,18-22,24H2,1-3H3. The molecule has 0 spiro atoms. The maximum Gasteiger partial charge on any atom is 0.137 e. The van der Waals surface area contributed by atoms with Gasteiger partial charge in [-0.25, -0.2) is 9.07 Å². The lowest BCUT2D eigenvalue weighted by Crippen LogP contribution is -2.47. The van der Waals surface area contributed by atoms with E-state index in [1.54, 1.807) is 12.1 Å². The number of likely N-dealkylation sites (N-methyl/N-ethyl adjacent to an activating group) is 1. The van der Waals surface area contributed by atoms with Crippen LogP contribution in [0.15, 0.2) is 54.6 Å². The number of halogens is 1. The van der Waals surface area contributed by atoms with E-state index in [9.17, 15) is 4.39 Å². The molecular weight excluding hydrogens is 449 g/mol. The van der Waals surface area contributed by atoms with Crippen molar-refractivity contribution in [2.24, 2.45) is 0 Å². The van der Waals surface area contributed by atoms with Gasteiger partial charge in [0.05, 0.1) is 11.4 Å². The van der Waals surface area contributed by atoms with Crippen LogP contribution in [0.5, 0.6) is 0 Å². The van der Waals surface area contributed by atoms with Gasteiger partial charge in [-0.15, -0.1) is 0 Å². The Kier molecular flexibility index (Phi) is 9.54. The van der Waals surface area contributed by atoms with Gasteiger partial charge < -0.3 is 9.80 Å². The lowest BCUT2D eigenvalue weighted by Gasteiger charge is -2.36. The van der Waals surface area contributed by atoms with E-state index < -0.39 is 0 Å². The van der Waals surface area contributed by atoms with E-state index in [1.165, 1.54) is 17.2 Å². The molecule has 2 aromatic carbocycles. The van der Waals surface area contributed by atoms with E-state index in [4.69, 9.17) is 5.10 Å². The molecule has 0 radical (unpaired) electrons. The molecule has 6 heteroatoms. The minimum atomic E-state index is -0.223. The Balaban J connectivity index is 1.63. The van der Waals surface area contributed by atoms with Crippen LogP contribution in [0.3, 0.4) is 0 Å². The number of benzene rings is 2. The fraction of sp³-hybridized carbons (Fsp3) is 0.500. The summed E-state index contributed by atoms with van der Waals surface area (Å²) in [5, 5.41) is 5.11. The average molecular weight is 492 g/mol. The Hall–Kier alpha value is -2.70. The molecule has 1 saturated heterocycles. The van der Waals surface area contributed by atoms with Gasteiger partial charge in [-0.3, -0.25) is 4.90 Å². The summed E-state index contributed by atoms with van der Waals surface area (Å²) in [5.74, 6) is 0.931. The monoisotopic (exact) mass is 491 g/mol. The molecule has 0 bridgehead atoms. The second-order valence-electron chi connectivity index (χ2n) is 9.77. The van der Waals surface area contributed by atoms with E-state index >= 15 is 0 Å². The van der Waals surface area contributed by atoms with Crippen molar-refractivity contribution < 1.29 is 4.39 Å². The molecule has 0 saturated carbocycles. The van der Waals surface area contributed by atoms with Crippen LogP contribution in [0, 0.1) is 5.82 Å². The first-order chi connectivity index (χ1) is 17.6. The van der Waals surface area contributed by atoms with Gasteiger partial charge in [0, 0.05) is 38.3 Å². The summed E-state index contributed by atoms with van der Waals surface area (Å²) in [6, 6.07) is 17.6. The van der Waals surface area contributed by atoms with Crippen molar-refractivity contribution in [2.75, 3.05) is 50.7 Å². The minimum absolute atomic E-state index is 0.223. The third-order valence-corrected chi connectivity index (χ3v) is 7.31. The predicted molar refractivity (Wildman–Crippen MR) is 148 cm³/mol. The molecular formula is C30H42FN5. The van der Waals surface area contributed by atoms with Crippen LogP contribution in [0.4, 0.5) is 10.2 Å². The third kappa shape index (κ3) is 6.54. The Labute approximate surface area is 216 Å². The first-order valence-corrected chi connectivity index (χ1v) is 13.7. The molecule has 1 aliphatic rings. The molecule has 0 amide bonds. The summed E-state index contributed by atoms with van der Waals surface area (Å²) in [6.45, 7) is 14.7. The Morgan fingerprint density at radius 2 is 1.69 bits per heavy atom. The molecule has 0 unspecified atom stereocenters. The fourth-order valence-corrected chi connectivity index (χ4v) is 5.20. The summed E-state index contributed by atoms with van der Waals surface area (Å²) < 4.78 is 16.3. The molecule has 0 atom stereocenters. The summed E-state index contributed by atoms with van der Waals surface area (Å²) in [6.07, 6.45) is 4.19. The van der Waals surface area contributed by atoms with Crippen molar-refractivity contribution in [3.05, 3.63) is 77.2 Å². The zero-order valence-corrected chi connectivity index (χ0v) is 22.3. The topological polar surface area (TPSA) is 27.5 Å². The highest BCUT2D eigenvalue weighted by molar-refractivity contribution is 5.56. The zero-order valence-electron chi connectivity index (χ0n) is 22.3. The Morgan fingerprint density at radius 1 is 0.917 bits per heavy atom. The maximum atomic E-state index is 14.3. The zero-order chi connectivity index (χ0) is 25.3. The number of anilines is 1. The van der Waals surface area contributed by atoms with Crippen molar-refractivity contribution in [1.82, 2.24) is 19.6 Å². The summed E-state index contributed by atoms with van der Waals surface area (Å²) in [5.41, 5.74) is 4.66. The summed E-state index contributed by atoms with van der Waals surface area (Å²) >= 11 is 0. The highest BCUT2D eigenvalue weighted by Gasteiger charge is 2.27. The van der Waals surface area contributed by atoms with Gasteiger partial charge in [-0.2, -0.15) is 5.10 Å². The van der Waals surface area contributed by atoms with Crippen LogP contribution >= 0.6 is 0 Å². The van der Waals surface area contributed by atoms with Gasteiger partial charge in [-0.05, 0) is 62.7 Å². The maximum absolute atomic E-state index is 14.3. The smallest absolute Gasteiger partial charge is 0.137 e. The molecule has 36 heavy (non-hydrogen) atoms. The summed E-state index contributed by atoms with van der Waals surface area (Å²) in [7, 11) is 0. The molecule has 0 N–H and O–H groups in total. The molecule has 4 rings (SSSR count).